The molecule has 0 radical (unpaired) electrons. The van der Waals surface area contributed by atoms with Gasteiger partial charge in [-0.25, -0.2) is 9.59 Å². The molecule has 0 bridgehead atoms. The van der Waals surface area contributed by atoms with Crippen LogP contribution < -0.4 is 10.2 Å². The van der Waals surface area contributed by atoms with Crippen molar-refractivity contribution < 1.29 is 37.8 Å². The number of carboxylic acids is 2. The fourth-order valence-electron chi connectivity index (χ4n) is 3.29. The van der Waals surface area contributed by atoms with Gasteiger partial charge in [0, 0.05) is 13.1 Å². The number of hydrogen-bond acceptors (Lipinski definition) is 4. The van der Waals surface area contributed by atoms with Crippen molar-refractivity contribution >= 4 is 40.8 Å². The third-order valence-corrected chi connectivity index (χ3v) is 5.18. The molecule has 7 nitrogen and oxygen atoms in total. The second-order valence-electron chi connectivity index (χ2n) is 7.47. The molecular formula is C22H22ClF3N2O5. The van der Waals surface area contributed by atoms with E-state index in [1.54, 1.807) is 36.4 Å². The van der Waals surface area contributed by atoms with Crippen LogP contribution in [0, 0.1) is 5.92 Å². The highest BCUT2D eigenvalue weighted by Crippen LogP contribution is 2.32. The fraction of sp³-hybridized carbons (Fsp3) is 0.318. The van der Waals surface area contributed by atoms with Crippen LogP contribution in [0.15, 0.2) is 42.5 Å². The van der Waals surface area contributed by atoms with E-state index in [0.29, 0.717) is 22.2 Å². The number of piperidine rings is 1. The quantitative estimate of drug-likeness (QED) is 0.551. The predicted molar refractivity (Wildman–Crippen MR) is 117 cm³/mol. The molecule has 2 aromatic rings. The van der Waals surface area contributed by atoms with Gasteiger partial charge in [0.15, 0.2) is 0 Å². The molecule has 1 aliphatic heterocycles. The monoisotopic (exact) mass is 486 g/mol. The lowest BCUT2D eigenvalue weighted by Crippen LogP contribution is -2.35. The van der Waals surface area contributed by atoms with Crippen molar-refractivity contribution in [1.82, 2.24) is 0 Å². The molecule has 0 aliphatic carbocycles. The van der Waals surface area contributed by atoms with E-state index in [0.717, 1.165) is 25.2 Å². The maximum atomic E-state index is 12.7. The van der Waals surface area contributed by atoms with Gasteiger partial charge in [-0.15, -0.1) is 0 Å². The molecule has 178 valence electrons. The van der Waals surface area contributed by atoms with E-state index in [9.17, 15) is 27.9 Å². The minimum absolute atomic E-state index is 0.133. The predicted octanol–water partition coefficient (Wildman–Crippen LogP) is 5.16. The standard InChI is InChI=1S/C20H21ClN2O3.C2HF3O2/c1-13-5-4-10-23(12-13)18-9-8-14(20(25)26)11-17(18)22-19(24)15-6-2-3-7-16(15)21;3-2(4,5)1(6)7/h2-3,6-9,11,13H,4-5,10,12H2,1H3,(H,22,24)(H,25,26);(H,6,7). The van der Waals surface area contributed by atoms with Crippen molar-refractivity contribution in [1.29, 1.82) is 0 Å². The number of aromatic carboxylic acids is 1. The van der Waals surface area contributed by atoms with E-state index in [-0.39, 0.29) is 11.5 Å². The van der Waals surface area contributed by atoms with E-state index in [1.807, 2.05) is 0 Å². The maximum absolute atomic E-state index is 12.7. The molecule has 1 fully saturated rings. The Bertz CT molecular complexity index is 1030. The number of carbonyl (C=O) groups is 3. The van der Waals surface area contributed by atoms with Crippen LogP contribution in [-0.2, 0) is 4.79 Å². The molecule has 3 N–H and O–H groups in total. The minimum Gasteiger partial charge on any atom is -0.478 e. The number of rotatable bonds is 4. The average Bonchev–Trinajstić information content (AvgIpc) is 2.73. The van der Waals surface area contributed by atoms with Crippen molar-refractivity contribution in [3.05, 3.63) is 58.6 Å². The zero-order valence-corrected chi connectivity index (χ0v) is 18.3. The van der Waals surface area contributed by atoms with E-state index in [1.165, 1.54) is 12.5 Å². The van der Waals surface area contributed by atoms with Crippen LogP contribution in [0.25, 0.3) is 0 Å². The van der Waals surface area contributed by atoms with Crippen LogP contribution in [0.5, 0.6) is 0 Å². The molecule has 0 spiro atoms. The van der Waals surface area contributed by atoms with Gasteiger partial charge in [0.05, 0.1) is 27.5 Å². The topological polar surface area (TPSA) is 107 Å². The van der Waals surface area contributed by atoms with Crippen molar-refractivity contribution in [3.63, 3.8) is 0 Å². The van der Waals surface area contributed by atoms with Gasteiger partial charge >= 0.3 is 18.1 Å². The Labute approximate surface area is 192 Å². The highest BCUT2D eigenvalue weighted by molar-refractivity contribution is 6.34. The molecule has 33 heavy (non-hydrogen) atoms. The van der Waals surface area contributed by atoms with Gasteiger partial charge < -0.3 is 20.4 Å². The summed E-state index contributed by atoms with van der Waals surface area (Å²) in [5.74, 6) is -3.59. The number of amides is 1. The molecule has 0 aromatic heterocycles. The van der Waals surface area contributed by atoms with Crippen molar-refractivity contribution in [2.45, 2.75) is 25.9 Å². The molecule has 1 heterocycles. The summed E-state index contributed by atoms with van der Waals surface area (Å²) < 4.78 is 31.7. The summed E-state index contributed by atoms with van der Waals surface area (Å²) >= 11 is 6.11. The van der Waals surface area contributed by atoms with Gasteiger partial charge in [0.25, 0.3) is 5.91 Å². The summed E-state index contributed by atoms with van der Waals surface area (Å²) in [6.45, 7) is 3.95. The number of benzene rings is 2. The Morgan fingerprint density at radius 2 is 1.76 bits per heavy atom. The number of carbonyl (C=O) groups excluding carboxylic acids is 1. The first-order chi connectivity index (χ1) is 15.4. The smallest absolute Gasteiger partial charge is 0.478 e. The fourth-order valence-corrected chi connectivity index (χ4v) is 3.51. The Morgan fingerprint density at radius 3 is 2.30 bits per heavy atom. The van der Waals surface area contributed by atoms with Crippen LogP contribution in [0.4, 0.5) is 24.5 Å². The number of carboxylic acid groups (broad SMARTS) is 2. The molecule has 1 atom stereocenters. The Balaban J connectivity index is 0.000000479. The number of alkyl halides is 3. The Morgan fingerprint density at radius 1 is 1.12 bits per heavy atom. The number of aliphatic carboxylic acids is 1. The summed E-state index contributed by atoms with van der Waals surface area (Å²) in [5, 5.41) is 19.6. The highest BCUT2D eigenvalue weighted by atomic mass is 35.5. The van der Waals surface area contributed by atoms with Gasteiger partial charge in [-0.05, 0) is 49.1 Å². The number of nitrogens with zero attached hydrogens (tertiary/aromatic N) is 1. The molecule has 2 aromatic carbocycles. The van der Waals surface area contributed by atoms with Crippen LogP contribution in [0.3, 0.4) is 0 Å². The van der Waals surface area contributed by atoms with E-state index < -0.39 is 18.1 Å². The van der Waals surface area contributed by atoms with Crippen LogP contribution >= 0.6 is 11.6 Å². The second kappa shape index (κ2) is 11.0. The molecule has 1 amide bonds. The summed E-state index contributed by atoms with van der Waals surface area (Å²) in [4.78, 5) is 35.1. The maximum Gasteiger partial charge on any atom is 0.490 e. The lowest BCUT2D eigenvalue weighted by molar-refractivity contribution is -0.192. The summed E-state index contributed by atoms with van der Waals surface area (Å²) in [6, 6.07) is 11.6. The SMILES string of the molecule is CC1CCCN(c2ccc(C(=O)O)cc2NC(=O)c2ccccc2Cl)C1.O=C(O)C(F)(F)F. The Hall–Kier alpha value is -3.27. The highest BCUT2D eigenvalue weighted by Gasteiger charge is 2.38. The van der Waals surface area contributed by atoms with Crippen LogP contribution in [0.1, 0.15) is 40.5 Å². The van der Waals surface area contributed by atoms with Gasteiger partial charge in [-0.1, -0.05) is 30.7 Å². The average molecular weight is 487 g/mol. The molecule has 0 saturated carbocycles. The van der Waals surface area contributed by atoms with Gasteiger partial charge in [-0.2, -0.15) is 13.2 Å². The second-order valence-corrected chi connectivity index (χ2v) is 7.87. The van der Waals surface area contributed by atoms with Gasteiger partial charge in [-0.3, -0.25) is 4.79 Å². The number of hydrogen-bond donors (Lipinski definition) is 3. The first-order valence-corrected chi connectivity index (χ1v) is 10.3. The largest absolute Gasteiger partial charge is 0.490 e. The van der Waals surface area contributed by atoms with E-state index in [2.05, 4.69) is 17.1 Å². The normalized spacial score (nSPS) is 15.8. The Kier molecular flexibility index (Phi) is 8.69. The number of anilines is 2. The molecule has 1 saturated heterocycles. The number of halogens is 4. The lowest BCUT2D eigenvalue weighted by Gasteiger charge is -2.34. The molecule has 1 unspecified atom stereocenters. The van der Waals surface area contributed by atoms with Crippen LogP contribution in [-0.4, -0.2) is 47.3 Å². The third kappa shape index (κ3) is 7.38. The molecule has 3 rings (SSSR count). The minimum atomic E-state index is -5.08. The van der Waals surface area contributed by atoms with Crippen molar-refractivity contribution in [2.75, 3.05) is 23.3 Å². The first-order valence-electron chi connectivity index (χ1n) is 9.88. The van der Waals surface area contributed by atoms with E-state index >= 15 is 0 Å². The van der Waals surface area contributed by atoms with Gasteiger partial charge in [0.1, 0.15) is 0 Å². The summed E-state index contributed by atoms with van der Waals surface area (Å²) in [5.41, 5.74) is 1.81. The zero-order chi connectivity index (χ0) is 24.8. The molecule has 11 heteroatoms. The van der Waals surface area contributed by atoms with Crippen molar-refractivity contribution in [3.8, 4) is 0 Å². The summed E-state index contributed by atoms with van der Waals surface area (Å²) in [6.07, 6.45) is -2.84. The zero-order valence-electron chi connectivity index (χ0n) is 17.5. The lowest BCUT2D eigenvalue weighted by atomic mass is 9.99. The van der Waals surface area contributed by atoms with Gasteiger partial charge in [0.2, 0.25) is 0 Å². The first kappa shape index (κ1) is 26.0. The number of nitrogens with one attached hydrogen (secondary N) is 1. The summed E-state index contributed by atoms with van der Waals surface area (Å²) in [7, 11) is 0. The van der Waals surface area contributed by atoms with Crippen molar-refractivity contribution in [2.24, 2.45) is 5.92 Å². The molecule has 1 aliphatic rings. The molecular weight excluding hydrogens is 465 g/mol. The van der Waals surface area contributed by atoms with Crippen LogP contribution in [0.2, 0.25) is 5.02 Å². The third-order valence-electron chi connectivity index (χ3n) is 4.85. The van der Waals surface area contributed by atoms with E-state index in [4.69, 9.17) is 21.5 Å².